The van der Waals surface area contributed by atoms with Crippen LogP contribution in [0.5, 0.6) is 0 Å². The van der Waals surface area contributed by atoms with E-state index in [0.717, 1.165) is 34.4 Å². The van der Waals surface area contributed by atoms with E-state index in [1.807, 2.05) is 36.7 Å². The number of aryl methyl sites for hydroxylation is 2. The molecule has 0 unspecified atom stereocenters. The topological polar surface area (TPSA) is 63.6 Å². The quantitative estimate of drug-likeness (QED) is 0.697. The molecule has 3 aromatic rings. The van der Waals surface area contributed by atoms with Gasteiger partial charge in [0.15, 0.2) is 6.29 Å². The Balaban J connectivity index is 2.15. The Morgan fingerprint density at radius 3 is 2.89 bits per heavy atom. The van der Waals surface area contributed by atoms with Crippen molar-refractivity contribution in [3.05, 3.63) is 35.8 Å². The van der Waals surface area contributed by atoms with Crippen LogP contribution in [0, 0.1) is 6.92 Å². The average Bonchev–Trinajstić information content (AvgIpc) is 2.95. The number of aldehydes is 1. The number of hydrogen-bond donors (Lipinski definition) is 1. The molecule has 1 aromatic carbocycles. The van der Waals surface area contributed by atoms with Crippen molar-refractivity contribution in [2.45, 2.75) is 6.92 Å². The molecule has 90 valence electrons. The monoisotopic (exact) mass is 240 g/mol. The molecule has 2 aromatic heterocycles. The van der Waals surface area contributed by atoms with E-state index in [-0.39, 0.29) is 0 Å². The highest BCUT2D eigenvalue weighted by Gasteiger charge is 2.08. The van der Waals surface area contributed by atoms with Gasteiger partial charge in [0.25, 0.3) is 0 Å². The van der Waals surface area contributed by atoms with Gasteiger partial charge in [-0.05, 0) is 25.1 Å². The van der Waals surface area contributed by atoms with Crippen molar-refractivity contribution in [3.8, 4) is 11.3 Å². The summed E-state index contributed by atoms with van der Waals surface area (Å²) in [4.78, 5) is 15.1. The summed E-state index contributed by atoms with van der Waals surface area (Å²) in [6, 6.07) is 7.70. The molecule has 0 aliphatic carbocycles. The van der Waals surface area contributed by atoms with Gasteiger partial charge in [-0.15, -0.1) is 0 Å². The molecule has 0 radical (unpaired) electrons. The number of carbonyl (C=O) groups is 1. The van der Waals surface area contributed by atoms with Crippen LogP contribution < -0.4 is 0 Å². The van der Waals surface area contributed by atoms with Crippen LogP contribution in [0.2, 0.25) is 0 Å². The Morgan fingerprint density at radius 1 is 1.33 bits per heavy atom. The van der Waals surface area contributed by atoms with Gasteiger partial charge in [-0.25, -0.2) is 4.98 Å². The molecule has 0 spiro atoms. The molecule has 0 amide bonds. The third kappa shape index (κ3) is 1.52. The molecule has 0 saturated carbocycles. The Morgan fingerprint density at radius 2 is 2.17 bits per heavy atom. The number of carbonyl (C=O) groups excluding carboxylic acids is 1. The number of fused-ring (bicyclic) bond motifs is 1. The number of aromatic amines is 1. The number of imidazole rings is 1. The van der Waals surface area contributed by atoms with E-state index in [2.05, 4.69) is 15.2 Å². The van der Waals surface area contributed by atoms with E-state index in [4.69, 9.17) is 0 Å². The standard InChI is InChI=1S/C13H12N4O/c1-8-14-12-5-9(3-4-13(12)17(8)2)11-6-10(7-18)15-16-11/h3-7H,1-2H3,(H,15,16). The van der Waals surface area contributed by atoms with Crippen molar-refractivity contribution in [1.82, 2.24) is 19.7 Å². The lowest BCUT2D eigenvalue weighted by atomic mass is 10.1. The summed E-state index contributed by atoms with van der Waals surface area (Å²) in [5, 5.41) is 6.78. The maximum absolute atomic E-state index is 10.6. The van der Waals surface area contributed by atoms with E-state index in [0.29, 0.717) is 5.69 Å². The lowest BCUT2D eigenvalue weighted by Gasteiger charge is -1.98. The highest BCUT2D eigenvalue weighted by Crippen LogP contribution is 2.23. The Kier molecular flexibility index (Phi) is 2.26. The summed E-state index contributed by atoms with van der Waals surface area (Å²) in [5.41, 5.74) is 4.19. The predicted molar refractivity (Wildman–Crippen MR) is 68.4 cm³/mol. The fraction of sp³-hybridized carbons (Fsp3) is 0.154. The van der Waals surface area contributed by atoms with Crippen LogP contribution in [0.4, 0.5) is 0 Å². The molecule has 0 atom stereocenters. The van der Waals surface area contributed by atoms with Gasteiger partial charge in [0.2, 0.25) is 0 Å². The van der Waals surface area contributed by atoms with Crippen molar-refractivity contribution < 1.29 is 4.79 Å². The first-order valence-corrected chi connectivity index (χ1v) is 5.63. The molecule has 5 heteroatoms. The Labute approximate surface area is 103 Å². The minimum absolute atomic E-state index is 0.474. The number of benzene rings is 1. The molecular weight excluding hydrogens is 228 g/mol. The van der Waals surface area contributed by atoms with Crippen LogP contribution in [-0.4, -0.2) is 26.0 Å². The minimum atomic E-state index is 0.474. The summed E-state index contributed by atoms with van der Waals surface area (Å²) in [6.45, 7) is 1.97. The zero-order chi connectivity index (χ0) is 12.7. The molecule has 0 aliphatic rings. The largest absolute Gasteiger partial charge is 0.331 e. The number of hydrogen-bond acceptors (Lipinski definition) is 3. The predicted octanol–water partition coefficient (Wildman–Crippen LogP) is 2.08. The van der Waals surface area contributed by atoms with Gasteiger partial charge in [0.1, 0.15) is 5.82 Å². The van der Waals surface area contributed by atoms with Crippen molar-refractivity contribution in [2.24, 2.45) is 7.05 Å². The van der Waals surface area contributed by atoms with E-state index >= 15 is 0 Å². The first-order valence-electron chi connectivity index (χ1n) is 5.63. The third-order valence-corrected chi connectivity index (χ3v) is 3.12. The number of nitrogens with zero attached hydrogens (tertiary/aromatic N) is 3. The number of rotatable bonds is 2. The number of aromatic nitrogens is 4. The number of nitrogens with one attached hydrogen (secondary N) is 1. The second-order valence-corrected chi connectivity index (χ2v) is 4.25. The lowest BCUT2D eigenvalue weighted by Crippen LogP contribution is -1.89. The van der Waals surface area contributed by atoms with Gasteiger partial charge < -0.3 is 4.57 Å². The Hall–Kier alpha value is -2.43. The van der Waals surface area contributed by atoms with Crippen LogP contribution in [0.25, 0.3) is 22.3 Å². The first kappa shape index (κ1) is 10.7. The zero-order valence-electron chi connectivity index (χ0n) is 10.1. The van der Waals surface area contributed by atoms with Gasteiger partial charge >= 0.3 is 0 Å². The molecule has 1 N–H and O–H groups in total. The molecule has 2 heterocycles. The summed E-state index contributed by atoms with van der Waals surface area (Å²) in [6.07, 6.45) is 0.750. The van der Waals surface area contributed by atoms with E-state index in [9.17, 15) is 4.79 Å². The van der Waals surface area contributed by atoms with Gasteiger partial charge in [-0.1, -0.05) is 6.07 Å². The summed E-state index contributed by atoms with van der Waals surface area (Å²) < 4.78 is 2.04. The molecular formula is C13H12N4O. The van der Waals surface area contributed by atoms with Crippen LogP contribution in [-0.2, 0) is 7.05 Å². The SMILES string of the molecule is Cc1nc2cc(-c3cc(C=O)[nH]n3)ccc2n1C. The zero-order valence-corrected chi connectivity index (χ0v) is 10.1. The molecule has 0 aliphatic heterocycles. The molecule has 3 rings (SSSR count). The van der Waals surface area contributed by atoms with Gasteiger partial charge in [0.05, 0.1) is 22.4 Å². The van der Waals surface area contributed by atoms with E-state index < -0.39 is 0 Å². The first-order chi connectivity index (χ1) is 8.69. The molecule has 0 bridgehead atoms. The van der Waals surface area contributed by atoms with Crippen LogP contribution >= 0.6 is 0 Å². The maximum Gasteiger partial charge on any atom is 0.167 e. The van der Waals surface area contributed by atoms with E-state index in [1.165, 1.54) is 0 Å². The molecule has 5 nitrogen and oxygen atoms in total. The molecule has 0 fully saturated rings. The lowest BCUT2D eigenvalue weighted by molar-refractivity contribution is 0.111. The van der Waals surface area contributed by atoms with E-state index in [1.54, 1.807) is 6.07 Å². The normalized spacial score (nSPS) is 11.0. The highest BCUT2D eigenvalue weighted by atomic mass is 16.1. The highest BCUT2D eigenvalue weighted by molar-refractivity contribution is 5.83. The smallest absolute Gasteiger partial charge is 0.167 e. The summed E-state index contributed by atoms with van der Waals surface area (Å²) in [7, 11) is 1.99. The Bertz CT molecular complexity index is 739. The van der Waals surface area contributed by atoms with Gasteiger partial charge in [0, 0.05) is 12.6 Å². The second kappa shape index (κ2) is 3.80. The van der Waals surface area contributed by atoms with Crippen molar-refractivity contribution in [2.75, 3.05) is 0 Å². The summed E-state index contributed by atoms with van der Waals surface area (Å²) >= 11 is 0. The number of H-pyrrole nitrogens is 1. The fourth-order valence-corrected chi connectivity index (χ4v) is 2.02. The van der Waals surface area contributed by atoms with Crippen LogP contribution in [0.15, 0.2) is 24.3 Å². The van der Waals surface area contributed by atoms with Crippen molar-refractivity contribution in [1.29, 1.82) is 0 Å². The third-order valence-electron chi connectivity index (χ3n) is 3.12. The van der Waals surface area contributed by atoms with Crippen LogP contribution in [0.3, 0.4) is 0 Å². The van der Waals surface area contributed by atoms with Crippen molar-refractivity contribution >= 4 is 17.3 Å². The molecule has 18 heavy (non-hydrogen) atoms. The molecule has 0 saturated heterocycles. The average molecular weight is 240 g/mol. The summed E-state index contributed by atoms with van der Waals surface area (Å²) in [5.74, 6) is 0.970. The van der Waals surface area contributed by atoms with Gasteiger partial charge in [-0.2, -0.15) is 5.10 Å². The second-order valence-electron chi connectivity index (χ2n) is 4.25. The van der Waals surface area contributed by atoms with Gasteiger partial charge in [-0.3, -0.25) is 9.89 Å². The van der Waals surface area contributed by atoms with Crippen LogP contribution in [0.1, 0.15) is 16.3 Å². The fourth-order valence-electron chi connectivity index (χ4n) is 2.02. The van der Waals surface area contributed by atoms with Crippen molar-refractivity contribution in [3.63, 3.8) is 0 Å². The maximum atomic E-state index is 10.6. The minimum Gasteiger partial charge on any atom is -0.331 e.